The van der Waals surface area contributed by atoms with Crippen LogP contribution in [0.2, 0.25) is 0 Å². The zero-order valence-electron chi connectivity index (χ0n) is 15.3. The van der Waals surface area contributed by atoms with Crippen LogP contribution in [0.15, 0.2) is 30.3 Å². The van der Waals surface area contributed by atoms with Gasteiger partial charge in [-0.2, -0.15) is 0 Å². The second kappa shape index (κ2) is 9.17. The largest absolute Gasteiger partial charge is 0.337 e. The van der Waals surface area contributed by atoms with Gasteiger partial charge >= 0.3 is 0 Å². The SMILES string of the molecule is O=C(CCC(=O)N(C1CCCCC1)C1CCCCC1)c1ccccc1. The Balaban J connectivity index is 1.62. The van der Waals surface area contributed by atoms with Crippen LogP contribution in [0.3, 0.4) is 0 Å². The van der Waals surface area contributed by atoms with Gasteiger partial charge in [-0.05, 0) is 25.7 Å². The molecule has 0 unspecified atom stereocenters. The second-order valence-electron chi connectivity index (χ2n) is 7.67. The summed E-state index contributed by atoms with van der Waals surface area (Å²) in [6.07, 6.45) is 12.8. The molecule has 0 radical (unpaired) electrons. The number of carbonyl (C=O) groups excluding carboxylic acids is 2. The van der Waals surface area contributed by atoms with Gasteiger partial charge in [0.2, 0.25) is 5.91 Å². The fourth-order valence-corrected chi connectivity index (χ4v) is 4.54. The van der Waals surface area contributed by atoms with Crippen molar-refractivity contribution >= 4 is 11.7 Å². The van der Waals surface area contributed by atoms with Gasteiger partial charge in [-0.25, -0.2) is 0 Å². The molecule has 2 saturated carbocycles. The van der Waals surface area contributed by atoms with E-state index in [2.05, 4.69) is 4.90 Å². The highest BCUT2D eigenvalue weighted by Gasteiger charge is 2.32. The van der Waals surface area contributed by atoms with E-state index in [-0.39, 0.29) is 11.7 Å². The Morgan fingerprint density at radius 1 is 0.760 bits per heavy atom. The summed E-state index contributed by atoms with van der Waals surface area (Å²) in [5.74, 6) is 0.296. The Hall–Kier alpha value is -1.64. The van der Waals surface area contributed by atoms with Crippen LogP contribution in [0.4, 0.5) is 0 Å². The third-order valence-corrected chi connectivity index (χ3v) is 5.89. The summed E-state index contributed by atoms with van der Waals surface area (Å²) in [5, 5.41) is 0. The number of nitrogens with zero attached hydrogens (tertiary/aromatic N) is 1. The van der Waals surface area contributed by atoms with Crippen molar-refractivity contribution in [3.05, 3.63) is 35.9 Å². The van der Waals surface area contributed by atoms with Crippen LogP contribution in [0.5, 0.6) is 0 Å². The predicted octanol–water partition coefficient (Wildman–Crippen LogP) is 5.14. The number of Topliss-reactive ketones (excluding diaryl/α,β-unsaturated/α-hetero) is 1. The van der Waals surface area contributed by atoms with Crippen molar-refractivity contribution in [3.63, 3.8) is 0 Å². The molecular formula is C22H31NO2. The molecule has 0 heterocycles. The first-order valence-corrected chi connectivity index (χ1v) is 10.1. The second-order valence-corrected chi connectivity index (χ2v) is 7.67. The fourth-order valence-electron chi connectivity index (χ4n) is 4.54. The smallest absolute Gasteiger partial charge is 0.223 e. The summed E-state index contributed by atoms with van der Waals surface area (Å²) in [6, 6.07) is 10.2. The molecule has 1 aromatic carbocycles. The van der Waals surface area contributed by atoms with E-state index in [0.29, 0.717) is 24.9 Å². The minimum atomic E-state index is 0.0844. The number of benzene rings is 1. The molecule has 3 heteroatoms. The van der Waals surface area contributed by atoms with Crippen molar-refractivity contribution in [2.24, 2.45) is 0 Å². The molecule has 0 aromatic heterocycles. The van der Waals surface area contributed by atoms with Crippen molar-refractivity contribution in [1.29, 1.82) is 0 Å². The monoisotopic (exact) mass is 341 g/mol. The van der Waals surface area contributed by atoms with Crippen molar-refractivity contribution in [1.82, 2.24) is 4.90 Å². The minimum absolute atomic E-state index is 0.0844. The molecule has 1 aromatic rings. The maximum Gasteiger partial charge on any atom is 0.223 e. The van der Waals surface area contributed by atoms with Crippen molar-refractivity contribution in [3.8, 4) is 0 Å². The van der Waals surface area contributed by atoms with Crippen LogP contribution in [0, 0.1) is 0 Å². The first-order chi connectivity index (χ1) is 12.3. The molecule has 0 aliphatic heterocycles. The number of ketones is 1. The molecule has 136 valence electrons. The van der Waals surface area contributed by atoms with E-state index >= 15 is 0 Å². The lowest BCUT2D eigenvalue weighted by Crippen LogP contribution is -2.48. The lowest BCUT2D eigenvalue weighted by molar-refractivity contribution is -0.138. The highest BCUT2D eigenvalue weighted by Crippen LogP contribution is 2.31. The van der Waals surface area contributed by atoms with E-state index in [1.54, 1.807) is 0 Å². The molecule has 0 spiro atoms. The molecule has 0 bridgehead atoms. The molecule has 3 rings (SSSR count). The topological polar surface area (TPSA) is 37.4 Å². The maximum absolute atomic E-state index is 13.1. The summed E-state index contributed by atoms with van der Waals surface area (Å²) < 4.78 is 0. The Kier molecular flexibility index (Phi) is 6.66. The van der Waals surface area contributed by atoms with Gasteiger partial charge in [0.15, 0.2) is 5.78 Å². The number of hydrogen-bond acceptors (Lipinski definition) is 2. The number of amides is 1. The zero-order valence-corrected chi connectivity index (χ0v) is 15.3. The van der Waals surface area contributed by atoms with E-state index < -0.39 is 0 Å². The Morgan fingerprint density at radius 2 is 1.28 bits per heavy atom. The summed E-state index contributed by atoms with van der Waals surface area (Å²) in [4.78, 5) is 27.6. The van der Waals surface area contributed by atoms with Crippen molar-refractivity contribution in [2.75, 3.05) is 0 Å². The molecule has 0 saturated heterocycles. The summed E-state index contributed by atoms with van der Waals surface area (Å²) in [5.41, 5.74) is 0.720. The zero-order chi connectivity index (χ0) is 17.5. The highest BCUT2D eigenvalue weighted by atomic mass is 16.2. The van der Waals surface area contributed by atoms with Gasteiger partial charge in [0.25, 0.3) is 0 Å². The average Bonchev–Trinajstić information content (AvgIpc) is 2.69. The molecular weight excluding hydrogens is 310 g/mol. The Bertz CT molecular complexity index is 539. The van der Waals surface area contributed by atoms with Crippen LogP contribution in [0.25, 0.3) is 0 Å². The summed E-state index contributed by atoms with van der Waals surface area (Å²) >= 11 is 0. The molecule has 25 heavy (non-hydrogen) atoms. The van der Waals surface area contributed by atoms with Gasteiger partial charge < -0.3 is 4.90 Å². The normalized spacial score (nSPS) is 19.5. The van der Waals surface area contributed by atoms with Crippen molar-refractivity contribution in [2.45, 2.75) is 89.1 Å². The Morgan fingerprint density at radius 3 is 1.80 bits per heavy atom. The lowest BCUT2D eigenvalue weighted by Gasteiger charge is -2.42. The van der Waals surface area contributed by atoms with E-state index in [9.17, 15) is 9.59 Å². The van der Waals surface area contributed by atoms with Crippen LogP contribution >= 0.6 is 0 Å². The average molecular weight is 341 g/mol. The molecule has 2 aliphatic carbocycles. The van der Waals surface area contributed by atoms with Crippen LogP contribution in [0.1, 0.15) is 87.4 Å². The summed E-state index contributed by atoms with van der Waals surface area (Å²) in [7, 11) is 0. The van der Waals surface area contributed by atoms with Crippen LogP contribution < -0.4 is 0 Å². The lowest BCUT2D eigenvalue weighted by atomic mass is 9.88. The third-order valence-electron chi connectivity index (χ3n) is 5.89. The number of rotatable bonds is 6. The third kappa shape index (κ3) is 4.93. The summed E-state index contributed by atoms with van der Waals surface area (Å²) in [6.45, 7) is 0. The fraction of sp³-hybridized carbons (Fsp3) is 0.636. The molecule has 2 fully saturated rings. The van der Waals surface area contributed by atoms with Gasteiger partial charge in [-0.1, -0.05) is 68.9 Å². The standard InChI is InChI=1S/C22H31NO2/c24-21(18-10-4-1-5-11-18)16-17-22(25)23(19-12-6-2-7-13-19)20-14-8-3-9-15-20/h1,4-5,10-11,19-20H,2-3,6-9,12-17H2. The molecule has 0 N–H and O–H groups in total. The van der Waals surface area contributed by atoms with Gasteiger partial charge in [0.1, 0.15) is 0 Å². The van der Waals surface area contributed by atoms with E-state index in [1.807, 2.05) is 30.3 Å². The van der Waals surface area contributed by atoms with Gasteiger partial charge in [0, 0.05) is 30.5 Å². The maximum atomic E-state index is 13.1. The van der Waals surface area contributed by atoms with Gasteiger partial charge in [-0.15, -0.1) is 0 Å². The predicted molar refractivity (Wildman–Crippen MR) is 101 cm³/mol. The quantitative estimate of drug-likeness (QED) is 0.672. The van der Waals surface area contributed by atoms with Gasteiger partial charge in [0.05, 0.1) is 0 Å². The minimum Gasteiger partial charge on any atom is -0.337 e. The van der Waals surface area contributed by atoms with E-state index in [0.717, 1.165) is 31.2 Å². The van der Waals surface area contributed by atoms with E-state index in [1.165, 1.54) is 38.5 Å². The first kappa shape index (κ1) is 18.2. The molecule has 1 amide bonds. The first-order valence-electron chi connectivity index (χ1n) is 10.1. The molecule has 2 aliphatic rings. The van der Waals surface area contributed by atoms with E-state index in [4.69, 9.17) is 0 Å². The highest BCUT2D eigenvalue weighted by molar-refractivity contribution is 5.97. The van der Waals surface area contributed by atoms with Crippen molar-refractivity contribution < 1.29 is 9.59 Å². The Labute approximate surface area is 151 Å². The number of carbonyl (C=O) groups is 2. The van der Waals surface area contributed by atoms with Crippen LogP contribution in [-0.4, -0.2) is 28.7 Å². The van der Waals surface area contributed by atoms with Gasteiger partial charge in [-0.3, -0.25) is 9.59 Å². The molecule has 0 atom stereocenters. The molecule has 3 nitrogen and oxygen atoms in total. The van der Waals surface area contributed by atoms with Crippen LogP contribution in [-0.2, 0) is 4.79 Å². The number of hydrogen-bond donors (Lipinski definition) is 0.